The summed E-state index contributed by atoms with van der Waals surface area (Å²) in [5, 5.41) is 0.0867. The molecular weight excluding hydrogens is 627 g/mol. The number of amides is 1. The van der Waals surface area contributed by atoms with E-state index in [-0.39, 0.29) is 29.4 Å². The number of piperidine rings is 1. The van der Waals surface area contributed by atoms with Crippen molar-refractivity contribution in [3.63, 3.8) is 0 Å². The average Bonchev–Trinajstić information content (AvgIpc) is 3.09. The van der Waals surface area contributed by atoms with Crippen LogP contribution in [-0.4, -0.2) is 93.4 Å². The number of hydrogen-bond acceptors (Lipinski definition) is 6. The molecule has 49 heavy (non-hydrogen) atoms. The van der Waals surface area contributed by atoms with E-state index in [4.69, 9.17) is 9.16 Å². The largest absolute Gasteiger partial charge is 0.466 e. The third-order valence-corrected chi connectivity index (χ3v) is 15.1. The molecule has 8 heteroatoms. The fourth-order valence-corrected chi connectivity index (χ4v) is 8.28. The highest BCUT2D eigenvalue weighted by Gasteiger charge is 2.46. The first kappa shape index (κ1) is 36.7. The molecule has 0 spiro atoms. The molecule has 0 aromatic heterocycles. The maximum Gasteiger partial charge on any atom is 0.307 e. The first-order chi connectivity index (χ1) is 23.5. The van der Waals surface area contributed by atoms with Crippen LogP contribution >= 0.6 is 0 Å². The van der Waals surface area contributed by atoms with Crippen molar-refractivity contribution in [2.75, 3.05) is 52.4 Å². The third kappa shape index (κ3) is 8.43. The smallest absolute Gasteiger partial charge is 0.307 e. The second-order valence-electron chi connectivity index (χ2n) is 14.8. The molecule has 1 amide bonds. The normalized spacial score (nSPS) is 19.3. The van der Waals surface area contributed by atoms with E-state index >= 15 is 0 Å². The van der Waals surface area contributed by atoms with E-state index < -0.39 is 13.9 Å². The van der Waals surface area contributed by atoms with E-state index in [1.54, 1.807) is 11.8 Å². The van der Waals surface area contributed by atoms with Gasteiger partial charge in [0.1, 0.15) is 0 Å². The Labute approximate surface area is 295 Å². The van der Waals surface area contributed by atoms with Gasteiger partial charge >= 0.3 is 5.97 Å². The van der Waals surface area contributed by atoms with Crippen LogP contribution in [0.25, 0.3) is 0 Å². The van der Waals surface area contributed by atoms with Crippen LogP contribution in [0.4, 0.5) is 0 Å². The molecule has 1 atom stereocenters. The molecule has 2 aliphatic rings. The first-order valence-corrected chi connectivity index (χ1v) is 20.8. The molecule has 2 heterocycles. The minimum atomic E-state index is -2.08. The highest BCUT2D eigenvalue weighted by atomic mass is 28.4. The molecule has 0 aliphatic carbocycles. The highest BCUT2D eigenvalue weighted by molar-refractivity contribution is 6.74. The second-order valence-corrected chi connectivity index (χ2v) is 19.6. The average molecular weight is 682 g/mol. The Bertz CT molecular complexity index is 1460. The van der Waals surface area contributed by atoms with E-state index in [9.17, 15) is 9.59 Å². The number of nitrogens with zero attached hydrogens (tertiary/aromatic N) is 3. The van der Waals surface area contributed by atoms with Crippen molar-refractivity contribution in [2.45, 2.75) is 70.3 Å². The zero-order chi connectivity index (χ0) is 35.1. The predicted molar refractivity (Wildman–Crippen MR) is 200 cm³/mol. The van der Waals surface area contributed by atoms with E-state index in [2.05, 4.69) is 141 Å². The van der Waals surface area contributed by atoms with E-state index in [1.807, 2.05) is 0 Å². The molecule has 0 radical (unpaired) electrons. The van der Waals surface area contributed by atoms with Crippen LogP contribution in [0.5, 0.6) is 0 Å². The van der Waals surface area contributed by atoms with Crippen molar-refractivity contribution < 1.29 is 18.8 Å². The van der Waals surface area contributed by atoms with Gasteiger partial charge in [-0.3, -0.25) is 19.4 Å². The lowest BCUT2D eigenvalue weighted by Crippen LogP contribution is -2.55. The minimum Gasteiger partial charge on any atom is -0.466 e. The summed E-state index contributed by atoms with van der Waals surface area (Å²) < 4.78 is 12.3. The number of likely N-dealkylation sites (tertiary alicyclic amines) is 1. The summed E-state index contributed by atoms with van der Waals surface area (Å²) in [6, 6.07) is 32.7. The fraction of sp³-hybridized carbons (Fsp3) is 0.463. The number of ether oxygens (including phenoxy) is 1. The van der Waals surface area contributed by atoms with Crippen molar-refractivity contribution in [1.82, 2.24) is 14.7 Å². The van der Waals surface area contributed by atoms with Crippen LogP contribution in [0.3, 0.4) is 0 Å². The molecule has 2 aliphatic heterocycles. The zero-order valence-electron chi connectivity index (χ0n) is 30.4. The lowest BCUT2D eigenvalue weighted by atomic mass is 9.74. The lowest BCUT2D eigenvalue weighted by Gasteiger charge is -2.50. The van der Waals surface area contributed by atoms with Crippen LogP contribution in [0.15, 0.2) is 103 Å². The molecule has 0 saturated carbocycles. The van der Waals surface area contributed by atoms with Crippen LogP contribution in [0.1, 0.15) is 57.2 Å². The van der Waals surface area contributed by atoms with E-state index in [1.165, 1.54) is 22.3 Å². The Morgan fingerprint density at radius 1 is 0.837 bits per heavy atom. The summed E-state index contributed by atoms with van der Waals surface area (Å²) in [7, 11) is -2.08. The van der Waals surface area contributed by atoms with Crippen LogP contribution in [0, 0.1) is 0 Å². The molecular formula is C41H55N3O4Si. The van der Waals surface area contributed by atoms with Gasteiger partial charge in [0.2, 0.25) is 5.91 Å². The molecule has 2 fully saturated rings. The maximum atomic E-state index is 13.1. The number of hydrogen-bond donors (Lipinski definition) is 0. The zero-order valence-corrected chi connectivity index (χ0v) is 31.4. The Balaban J connectivity index is 1.48. The van der Waals surface area contributed by atoms with Gasteiger partial charge in [-0.1, -0.05) is 118 Å². The maximum absolute atomic E-state index is 13.1. The summed E-state index contributed by atoms with van der Waals surface area (Å²) in [6.45, 7) is 18.1. The number of piperazine rings is 1. The molecule has 3 aromatic rings. The van der Waals surface area contributed by atoms with Crippen LogP contribution < -0.4 is 0 Å². The first-order valence-electron chi connectivity index (χ1n) is 17.9. The number of carbonyl (C=O) groups is 2. The van der Waals surface area contributed by atoms with Crippen molar-refractivity contribution in [1.29, 1.82) is 0 Å². The molecule has 0 bridgehead atoms. The Morgan fingerprint density at radius 2 is 1.39 bits per heavy atom. The molecule has 1 unspecified atom stereocenters. The molecule has 262 valence electrons. The topological polar surface area (TPSA) is 62.3 Å². The van der Waals surface area contributed by atoms with Crippen molar-refractivity contribution in [3.05, 3.63) is 119 Å². The summed E-state index contributed by atoms with van der Waals surface area (Å²) in [6.07, 6.45) is 3.47. The standard InChI is InChI=1S/C41H55N3O4Si/c1-7-47-39(46)25-27-43-30-29-42(32-38(43)45)26-23-33-31-44(28-24-37(33)48-49(5,6)40(2,3)4)41(34-17-11-8-12-18-34,35-19-13-9-14-20-35)36-21-15-10-16-22-36/h8-23,37H,7,24-32H2,1-6H3/b33-23+. The van der Waals surface area contributed by atoms with Gasteiger partial charge in [-0.2, -0.15) is 0 Å². The number of carbonyl (C=O) groups excluding carboxylic acids is 2. The van der Waals surface area contributed by atoms with Gasteiger partial charge in [0.15, 0.2) is 8.32 Å². The van der Waals surface area contributed by atoms with Gasteiger partial charge in [-0.15, -0.1) is 0 Å². The third-order valence-electron chi connectivity index (χ3n) is 10.6. The summed E-state index contributed by atoms with van der Waals surface area (Å²) >= 11 is 0. The summed E-state index contributed by atoms with van der Waals surface area (Å²) in [5.74, 6) is -0.195. The number of benzene rings is 3. The van der Waals surface area contributed by atoms with Gasteiger partial charge in [0.25, 0.3) is 0 Å². The Hall–Kier alpha value is -3.56. The van der Waals surface area contributed by atoms with Gasteiger partial charge < -0.3 is 14.1 Å². The van der Waals surface area contributed by atoms with Gasteiger partial charge in [0.05, 0.1) is 31.2 Å². The summed E-state index contributed by atoms with van der Waals surface area (Å²) in [4.78, 5) is 31.7. The van der Waals surface area contributed by atoms with Gasteiger partial charge in [-0.05, 0) is 53.7 Å². The van der Waals surface area contributed by atoms with Gasteiger partial charge in [-0.25, -0.2) is 0 Å². The lowest BCUT2D eigenvalue weighted by molar-refractivity contribution is -0.144. The van der Waals surface area contributed by atoms with Crippen molar-refractivity contribution in [3.8, 4) is 0 Å². The molecule has 5 rings (SSSR count). The Morgan fingerprint density at radius 3 is 1.88 bits per heavy atom. The molecule has 3 aromatic carbocycles. The molecule has 0 N–H and O–H groups in total. The minimum absolute atomic E-state index is 0.0127. The SMILES string of the molecule is CCOC(=O)CCN1CCN(C/C=C2\CN(C(c3ccccc3)(c3ccccc3)c3ccccc3)CCC2O[Si](C)(C)C(C)(C)C)CC1=O. The highest BCUT2D eigenvalue weighted by Crippen LogP contribution is 2.45. The summed E-state index contributed by atoms with van der Waals surface area (Å²) in [5.41, 5.74) is 4.48. The fourth-order valence-electron chi connectivity index (χ4n) is 6.95. The quantitative estimate of drug-likeness (QED) is 0.0880. The second kappa shape index (κ2) is 16.0. The number of rotatable bonds is 12. The predicted octanol–water partition coefficient (Wildman–Crippen LogP) is 7.10. The monoisotopic (exact) mass is 681 g/mol. The van der Waals surface area contributed by atoms with Crippen LogP contribution in [-0.2, 0) is 24.3 Å². The Kier molecular flexibility index (Phi) is 12.0. The van der Waals surface area contributed by atoms with Crippen LogP contribution in [0.2, 0.25) is 18.1 Å². The molecule has 2 saturated heterocycles. The van der Waals surface area contributed by atoms with E-state index in [0.29, 0.717) is 32.8 Å². The van der Waals surface area contributed by atoms with Crippen molar-refractivity contribution in [2.24, 2.45) is 0 Å². The van der Waals surface area contributed by atoms with Crippen molar-refractivity contribution >= 4 is 20.2 Å². The molecule has 7 nitrogen and oxygen atoms in total. The van der Waals surface area contributed by atoms with E-state index in [0.717, 1.165) is 26.1 Å². The van der Waals surface area contributed by atoms with Gasteiger partial charge in [0, 0.05) is 39.3 Å². The number of esters is 1.